The summed E-state index contributed by atoms with van der Waals surface area (Å²) in [5, 5.41) is 17.4. The lowest BCUT2D eigenvalue weighted by molar-refractivity contribution is -0.148. The van der Waals surface area contributed by atoms with Gasteiger partial charge in [0.2, 0.25) is 5.91 Å². The molecule has 4 aromatic carbocycles. The number of likely N-dealkylation sites (tertiary alicyclic amines) is 1. The summed E-state index contributed by atoms with van der Waals surface area (Å²) in [4.78, 5) is 25.4. The molecule has 0 bridgehead atoms. The van der Waals surface area contributed by atoms with Crippen LogP contribution in [0.4, 0.5) is 0 Å². The Bertz CT molecular complexity index is 2040. The first-order chi connectivity index (χ1) is 24.7. The van der Waals surface area contributed by atoms with Gasteiger partial charge in [0.15, 0.2) is 0 Å². The molecule has 0 radical (unpaired) electrons. The van der Waals surface area contributed by atoms with Gasteiger partial charge in [-0.2, -0.15) is 0 Å². The Morgan fingerprint density at radius 1 is 0.824 bits per heavy atom. The van der Waals surface area contributed by atoms with Gasteiger partial charge in [-0.1, -0.05) is 71.7 Å². The van der Waals surface area contributed by atoms with E-state index in [0.717, 1.165) is 89.1 Å². The molecule has 2 heterocycles. The van der Waals surface area contributed by atoms with Crippen molar-refractivity contribution in [1.29, 1.82) is 0 Å². The molecule has 2 fully saturated rings. The number of rotatable bonds is 10. The van der Waals surface area contributed by atoms with Crippen LogP contribution in [0, 0.1) is 5.92 Å². The van der Waals surface area contributed by atoms with Crippen LogP contribution in [-0.4, -0.2) is 61.8 Å². The summed E-state index contributed by atoms with van der Waals surface area (Å²) in [6.45, 7) is 1.87. The van der Waals surface area contributed by atoms with Crippen LogP contribution in [0.1, 0.15) is 60.0 Å². The summed E-state index contributed by atoms with van der Waals surface area (Å²) in [5.41, 5.74) is 10.2. The minimum atomic E-state index is -0.728. The number of hydrogen-bond donors (Lipinski definition) is 3. The van der Waals surface area contributed by atoms with Crippen molar-refractivity contribution >= 4 is 35.1 Å². The molecule has 2 aliphatic carbocycles. The molecule has 3 N–H and O–H groups in total. The summed E-state index contributed by atoms with van der Waals surface area (Å²) < 4.78 is 11.9. The van der Waals surface area contributed by atoms with Crippen molar-refractivity contribution in [3.05, 3.63) is 93.0 Å². The van der Waals surface area contributed by atoms with Gasteiger partial charge in [0.25, 0.3) is 0 Å². The largest absolute Gasteiger partial charge is 0.496 e. The second-order valence-corrected chi connectivity index (χ2v) is 14.9. The zero-order chi connectivity index (χ0) is 35.4. The van der Waals surface area contributed by atoms with E-state index >= 15 is 0 Å². The first kappa shape index (κ1) is 34.0. The van der Waals surface area contributed by atoms with Crippen LogP contribution in [0.5, 0.6) is 11.5 Å². The number of nitrogens with one attached hydrogen (secondary N) is 2. The maximum atomic E-state index is 11.7. The Hall–Kier alpha value is -4.08. The lowest BCUT2D eigenvalue weighted by atomic mass is 9.92. The monoisotopic (exact) mass is 725 g/mol. The average Bonchev–Trinajstić information content (AvgIpc) is 3.84. The lowest BCUT2D eigenvalue weighted by Crippen LogP contribution is -2.51. The summed E-state index contributed by atoms with van der Waals surface area (Å²) in [6, 6.07) is 21.2. The predicted octanol–water partition coefficient (Wildman–Crippen LogP) is 7.87. The van der Waals surface area contributed by atoms with Crippen LogP contribution < -0.4 is 20.1 Å². The molecule has 2 saturated heterocycles. The predicted molar refractivity (Wildman–Crippen MR) is 200 cm³/mol. The van der Waals surface area contributed by atoms with E-state index in [2.05, 4.69) is 39.8 Å². The highest BCUT2D eigenvalue weighted by molar-refractivity contribution is 6.39. The molecule has 1 amide bonds. The van der Waals surface area contributed by atoms with Gasteiger partial charge in [-0.25, -0.2) is 0 Å². The topological polar surface area (TPSA) is 100 Å². The number of methoxy groups -OCH3 is 2. The summed E-state index contributed by atoms with van der Waals surface area (Å²) in [7, 11) is 3.40. The summed E-state index contributed by atoms with van der Waals surface area (Å²) >= 11 is 14.5. The van der Waals surface area contributed by atoms with Crippen LogP contribution in [0.25, 0.3) is 33.4 Å². The number of fused-ring (bicyclic) bond motifs is 2. The van der Waals surface area contributed by atoms with Crippen molar-refractivity contribution in [2.24, 2.45) is 5.92 Å². The first-order valence-electron chi connectivity index (χ1n) is 17.7. The third-order valence-corrected chi connectivity index (χ3v) is 12.1. The number of carbonyl (C=O) groups is 2. The standard InChI is InChI=1S/C41H41Cl2N3O5/c1-50-34-17-24(15-22-9-12-32(37(22)34)44-19-27-11-14-36(47)45-27)28-5-3-7-30(39(28)42)31-8-4-6-29(40(31)43)25-16-23-10-13-33(38(23)35(18-25)51-2)46-20-26(21-46)41(48)49/h3-8,15-18,26-27,32-33,44H,9-14,19-21H2,1-2H3,(H,45,47)(H,48,49). The molecule has 51 heavy (non-hydrogen) atoms. The molecule has 8 nitrogen and oxygen atoms in total. The van der Waals surface area contributed by atoms with Gasteiger partial charge in [-0.15, -0.1) is 0 Å². The van der Waals surface area contributed by atoms with Crippen LogP contribution in [-0.2, 0) is 22.4 Å². The molecule has 8 rings (SSSR count). The number of aliphatic carboxylic acids is 1. The summed E-state index contributed by atoms with van der Waals surface area (Å²) in [5.74, 6) is 0.733. The highest BCUT2D eigenvalue weighted by Gasteiger charge is 2.41. The number of amides is 1. The Balaban J connectivity index is 1.09. The highest BCUT2D eigenvalue weighted by atomic mass is 35.5. The molecular formula is C41H41Cl2N3O5. The Labute approximate surface area is 308 Å². The molecule has 4 aliphatic rings. The van der Waals surface area contributed by atoms with Crippen molar-refractivity contribution in [3.63, 3.8) is 0 Å². The number of aryl methyl sites for hydroxylation is 2. The lowest BCUT2D eigenvalue weighted by Gasteiger charge is -2.41. The number of halogens is 2. The van der Waals surface area contributed by atoms with Gasteiger partial charge in [0, 0.05) is 77.6 Å². The Morgan fingerprint density at radius 3 is 1.96 bits per heavy atom. The molecule has 4 aromatic rings. The second kappa shape index (κ2) is 13.8. The fraction of sp³-hybridized carbons (Fsp3) is 0.366. The minimum Gasteiger partial charge on any atom is -0.496 e. The van der Waals surface area contributed by atoms with E-state index in [-0.39, 0.29) is 30.0 Å². The number of nitrogens with zero attached hydrogens (tertiary/aromatic N) is 1. The fourth-order valence-electron chi connectivity index (χ4n) is 8.62. The second-order valence-electron chi connectivity index (χ2n) is 14.2. The molecule has 3 atom stereocenters. The SMILES string of the molecule is COc1cc(-c2cccc(-c3cccc(-c4cc5c(c(OC)c4)C(N4CC(C(=O)O)C4)CC5)c3Cl)c2Cl)cc2c1C(NCC1CCC(=O)N1)CC2. The van der Waals surface area contributed by atoms with Crippen molar-refractivity contribution in [3.8, 4) is 44.9 Å². The van der Waals surface area contributed by atoms with Gasteiger partial charge in [0.1, 0.15) is 11.5 Å². The number of hydrogen-bond acceptors (Lipinski definition) is 6. The zero-order valence-corrected chi connectivity index (χ0v) is 30.2. The van der Waals surface area contributed by atoms with Gasteiger partial charge in [0.05, 0.1) is 30.2 Å². The third-order valence-electron chi connectivity index (χ3n) is 11.3. The molecule has 2 aliphatic heterocycles. The fourth-order valence-corrected chi connectivity index (χ4v) is 9.29. The third kappa shape index (κ3) is 6.16. The van der Waals surface area contributed by atoms with Crippen molar-refractivity contribution in [2.45, 2.75) is 56.7 Å². The van der Waals surface area contributed by atoms with Crippen molar-refractivity contribution in [2.75, 3.05) is 33.9 Å². The van der Waals surface area contributed by atoms with Crippen LogP contribution in [0.2, 0.25) is 10.0 Å². The highest BCUT2D eigenvalue weighted by Crippen LogP contribution is 2.49. The maximum Gasteiger partial charge on any atom is 0.309 e. The zero-order valence-electron chi connectivity index (χ0n) is 28.7. The average molecular weight is 727 g/mol. The normalized spacial score (nSPS) is 21.3. The van der Waals surface area contributed by atoms with Crippen LogP contribution >= 0.6 is 23.2 Å². The Kier molecular flexibility index (Phi) is 9.21. The quantitative estimate of drug-likeness (QED) is 0.153. The van der Waals surface area contributed by atoms with Gasteiger partial charge in [-0.05, 0) is 66.5 Å². The number of carboxylic acid groups (broad SMARTS) is 1. The number of ether oxygens (including phenoxy) is 2. The molecular weight excluding hydrogens is 685 g/mol. The van der Waals surface area contributed by atoms with Gasteiger partial charge >= 0.3 is 5.97 Å². The van der Waals surface area contributed by atoms with E-state index in [1.165, 1.54) is 16.7 Å². The van der Waals surface area contributed by atoms with E-state index in [9.17, 15) is 14.7 Å². The number of carboxylic acids is 1. The smallest absolute Gasteiger partial charge is 0.309 e. The van der Waals surface area contributed by atoms with E-state index in [0.29, 0.717) is 29.6 Å². The minimum absolute atomic E-state index is 0.127. The van der Waals surface area contributed by atoms with E-state index in [1.54, 1.807) is 14.2 Å². The van der Waals surface area contributed by atoms with E-state index in [1.807, 2.05) is 36.4 Å². The van der Waals surface area contributed by atoms with Crippen LogP contribution in [0.3, 0.4) is 0 Å². The van der Waals surface area contributed by atoms with E-state index < -0.39 is 5.97 Å². The van der Waals surface area contributed by atoms with Crippen molar-refractivity contribution < 1.29 is 24.2 Å². The van der Waals surface area contributed by atoms with Gasteiger partial charge in [-0.3, -0.25) is 14.5 Å². The molecule has 264 valence electrons. The molecule has 0 spiro atoms. The molecule has 0 aromatic heterocycles. The maximum absolute atomic E-state index is 11.7. The first-order valence-corrected chi connectivity index (χ1v) is 18.5. The number of benzene rings is 4. The molecule has 10 heteroatoms. The molecule has 0 saturated carbocycles. The summed E-state index contributed by atoms with van der Waals surface area (Å²) in [6.07, 6.45) is 5.17. The number of carbonyl (C=O) groups excluding carboxylic acids is 1. The van der Waals surface area contributed by atoms with Gasteiger partial charge < -0.3 is 25.2 Å². The van der Waals surface area contributed by atoms with E-state index in [4.69, 9.17) is 32.7 Å². The van der Waals surface area contributed by atoms with Crippen molar-refractivity contribution in [1.82, 2.24) is 15.5 Å². The van der Waals surface area contributed by atoms with Crippen LogP contribution in [0.15, 0.2) is 60.7 Å². The Morgan fingerprint density at radius 2 is 1.39 bits per heavy atom. The molecule has 3 unspecified atom stereocenters.